The number of aromatic nitrogens is 4. The lowest BCUT2D eigenvalue weighted by Gasteiger charge is -1.95. The average Bonchev–Trinajstić information content (AvgIpc) is 2.42. The SMILES string of the molecule is Cc1nc2[nH]c(C)c(F)c(=O)n2n1. The Labute approximate surface area is 72.2 Å². The van der Waals surface area contributed by atoms with Crippen LogP contribution in [0.5, 0.6) is 0 Å². The molecule has 0 fully saturated rings. The number of rotatable bonds is 0. The number of halogens is 1. The van der Waals surface area contributed by atoms with Crippen LogP contribution in [-0.4, -0.2) is 19.6 Å². The number of fused-ring (bicyclic) bond motifs is 1. The monoisotopic (exact) mass is 182 g/mol. The van der Waals surface area contributed by atoms with Gasteiger partial charge in [0.05, 0.1) is 5.69 Å². The topological polar surface area (TPSA) is 63.0 Å². The second kappa shape index (κ2) is 2.38. The highest BCUT2D eigenvalue weighted by Crippen LogP contribution is 1.99. The summed E-state index contributed by atoms with van der Waals surface area (Å²) in [6.45, 7) is 3.11. The highest BCUT2D eigenvalue weighted by Gasteiger charge is 2.10. The van der Waals surface area contributed by atoms with Crippen LogP contribution in [0.15, 0.2) is 4.79 Å². The zero-order valence-corrected chi connectivity index (χ0v) is 7.13. The lowest BCUT2D eigenvalue weighted by atomic mass is 10.4. The fourth-order valence-corrected chi connectivity index (χ4v) is 1.11. The molecule has 5 nitrogen and oxygen atoms in total. The largest absolute Gasteiger partial charge is 0.325 e. The zero-order valence-electron chi connectivity index (χ0n) is 7.13. The van der Waals surface area contributed by atoms with Crippen molar-refractivity contribution in [3.8, 4) is 0 Å². The Morgan fingerprint density at radius 1 is 1.46 bits per heavy atom. The van der Waals surface area contributed by atoms with Crippen molar-refractivity contribution in [3.63, 3.8) is 0 Å². The number of nitrogens with zero attached hydrogens (tertiary/aromatic N) is 3. The van der Waals surface area contributed by atoms with E-state index in [0.29, 0.717) is 5.82 Å². The molecule has 0 aliphatic heterocycles. The van der Waals surface area contributed by atoms with Crippen LogP contribution in [0.4, 0.5) is 4.39 Å². The van der Waals surface area contributed by atoms with E-state index in [2.05, 4.69) is 15.1 Å². The summed E-state index contributed by atoms with van der Waals surface area (Å²) < 4.78 is 14.0. The Morgan fingerprint density at radius 2 is 2.15 bits per heavy atom. The lowest BCUT2D eigenvalue weighted by molar-refractivity contribution is 0.578. The van der Waals surface area contributed by atoms with Crippen molar-refractivity contribution in [3.05, 3.63) is 27.7 Å². The van der Waals surface area contributed by atoms with E-state index in [-0.39, 0.29) is 11.5 Å². The molecule has 0 aliphatic rings. The van der Waals surface area contributed by atoms with Gasteiger partial charge in [0, 0.05) is 0 Å². The Kier molecular flexibility index (Phi) is 1.45. The second-order valence-corrected chi connectivity index (χ2v) is 2.76. The van der Waals surface area contributed by atoms with Gasteiger partial charge in [-0.3, -0.25) is 4.79 Å². The molecule has 0 aliphatic carbocycles. The molecular weight excluding hydrogens is 175 g/mol. The first-order chi connectivity index (χ1) is 6.09. The predicted molar refractivity (Wildman–Crippen MR) is 43.0 cm³/mol. The summed E-state index contributed by atoms with van der Waals surface area (Å²) in [7, 11) is 0. The number of H-pyrrole nitrogens is 1. The third-order valence-corrected chi connectivity index (χ3v) is 1.72. The van der Waals surface area contributed by atoms with Gasteiger partial charge >= 0.3 is 5.56 Å². The van der Waals surface area contributed by atoms with Gasteiger partial charge in [0.1, 0.15) is 5.82 Å². The van der Waals surface area contributed by atoms with Gasteiger partial charge in [-0.05, 0) is 13.8 Å². The predicted octanol–water partition coefficient (Wildman–Crippen LogP) is 0.174. The van der Waals surface area contributed by atoms with Crippen molar-refractivity contribution in [2.45, 2.75) is 13.8 Å². The number of aryl methyl sites for hydroxylation is 2. The van der Waals surface area contributed by atoms with Crippen LogP contribution in [0.25, 0.3) is 5.78 Å². The number of nitrogens with one attached hydrogen (secondary N) is 1. The minimum absolute atomic E-state index is 0.171. The molecule has 0 spiro atoms. The fraction of sp³-hybridized carbons (Fsp3) is 0.286. The van der Waals surface area contributed by atoms with E-state index in [1.807, 2.05) is 0 Å². The van der Waals surface area contributed by atoms with E-state index >= 15 is 0 Å². The normalized spacial score (nSPS) is 11.0. The molecule has 0 bridgehead atoms. The molecule has 0 saturated heterocycles. The van der Waals surface area contributed by atoms with Crippen LogP contribution >= 0.6 is 0 Å². The summed E-state index contributed by atoms with van der Waals surface area (Å²) in [6.07, 6.45) is 0. The molecule has 13 heavy (non-hydrogen) atoms. The molecule has 68 valence electrons. The van der Waals surface area contributed by atoms with Crippen molar-refractivity contribution in [1.29, 1.82) is 0 Å². The Morgan fingerprint density at radius 3 is 2.85 bits per heavy atom. The van der Waals surface area contributed by atoms with Crippen molar-refractivity contribution in [1.82, 2.24) is 19.6 Å². The van der Waals surface area contributed by atoms with Gasteiger partial charge in [-0.2, -0.15) is 13.9 Å². The van der Waals surface area contributed by atoms with E-state index in [1.165, 1.54) is 6.92 Å². The minimum Gasteiger partial charge on any atom is -0.325 e. The molecule has 2 aromatic heterocycles. The van der Waals surface area contributed by atoms with Crippen LogP contribution < -0.4 is 5.56 Å². The second-order valence-electron chi connectivity index (χ2n) is 2.76. The molecular formula is C7H7FN4O. The summed E-state index contributed by atoms with van der Waals surface area (Å²) in [6, 6.07) is 0. The summed E-state index contributed by atoms with van der Waals surface area (Å²) in [5.74, 6) is -0.128. The van der Waals surface area contributed by atoms with Gasteiger partial charge in [-0.15, -0.1) is 5.10 Å². The molecule has 1 N–H and O–H groups in total. The van der Waals surface area contributed by atoms with E-state index < -0.39 is 11.4 Å². The summed E-state index contributed by atoms with van der Waals surface area (Å²) in [4.78, 5) is 17.8. The lowest BCUT2D eigenvalue weighted by Crippen LogP contribution is -2.20. The van der Waals surface area contributed by atoms with Crippen molar-refractivity contribution >= 4 is 5.78 Å². The summed E-state index contributed by atoms with van der Waals surface area (Å²) in [5.41, 5.74) is -0.600. The van der Waals surface area contributed by atoms with E-state index in [0.717, 1.165) is 4.52 Å². The molecule has 2 heterocycles. The molecule has 0 aromatic carbocycles. The van der Waals surface area contributed by atoms with Crippen LogP contribution in [0.3, 0.4) is 0 Å². The summed E-state index contributed by atoms with van der Waals surface area (Å²) >= 11 is 0. The van der Waals surface area contributed by atoms with E-state index in [4.69, 9.17) is 0 Å². The van der Waals surface area contributed by atoms with Crippen molar-refractivity contribution in [2.24, 2.45) is 0 Å². The van der Waals surface area contributed by atoms with Gasteiger partial charge in [0.25, 0.3) is 0 Å². The number of hydrogen-bond acceptors (Lipinski definition) is 3. The minimum atomic E-state index is -0.822. The summed E-state index contributed by atoms with van der Waals surface area (Å²) in [5, 5.41) is 3.74. The van der Waals surface area contributed by atoms with Gasteiger partial charge in [0.2, 0.25) is 11.6 Å². The third kappa shape index (κ3) is 1.02. The highest BCUT2D eigenvalue weighted by atomic mass is 19.1. The van der Waals surface area contributed by atoms with Crippen LogP contribution in [-0.2, 0) is 0 Å². The zero-order chi connectivity index (χ0) is 9.59. The highest BCUT2D eigenvalue weighted by molar-refractivity contribution is 5.27. The first-order valence-electron chi connectivity index (χ1n) is 3.71. The Balaban J connectivity index is 3.01. The molecule has 0 amide bonds. The first-order valence-corrected chi connectivity index (χ1v) is 3.71. The molecule has 0 atom stereocenters. The standard InChI is InChI=1S/C7H7FN4O/c1-3-5(8)6(13)12-7(9-3)10-4(2)11-12/h1-2H3,(H,9,10,11). The maximum Gasteiger partial charge on any atom is 0.311 e. The van der Waals surface area contributed by atoms with E-state index in [1.54, 1.807) is 6.92 Å². The Bertz CT molecular complexity index is 527. The van der Waals surface area contributed by atoms with Crippen LogP contribution in [0.2, 0.25) is 0 Å². The number of aromatic amines is 1. The molecule has 6 heteroatoms. The molecule has 2 aromatic rings. The van der Waals surface area contributed by atoms with E-state index in [9.17, 15) is 9.18 Å². The van der Waals surface area contributed by atoms with Crippen molar-refractivity contribution in [2.75, 3.05) is 0 Å². The maximum absolute atomic E-state index is 13.0. The fourth-order valence-electron chi connectivity index (χ4n) is 1.11. The third-order valence-electron chi connectivity index (χ3n) is 1.72. The van der Waals surface area contributed by atoms with Crippen LogP contribution in [0.1, 0.15) is 11.5 Å². The molecule has 2 rings (SSSR count). The van der Waals surface area contributed by atoms with Gasteiger partial charge in [-0.25, -0.2) is 0 Å². The molecule has 0 radical (unpaired) electrons. The Hall–Kier alpha value is -1.72. The number of hydrogen-bond donors (Lipinski definition) is 1. The van der Waals surface area contributed by atoms with Gasteiger partial charge < -0.3 is 4.98 Å². The smallest absolute Gasteiger partial charge is 0.311 e. The quantitative estimate of drug-likeness (QED) is 0.631. The average molecular weight is 182 g/mol. The maximum atomic E-state index is 13.0. The van der Waals surface area contributed by atoms with Crippen molar-refractivity contribution < 1.29 is 4.39 Å². The van der Waals surface area contributed by atoms with Crippen LogP contribution in [0, 0.1) is 19.7 Å². The molecule has 0 saturated carbocycles. The first kappa shape index (κ1) is 7.90. The van der Waals surface area contributed by atoms with Gasteiger partial charge in [0.15, 0.2) is 0 Å². The van der Waals surface area contributed by atoms with Gasteiger partial charge in [-0.1, -0.05) is 0 Å². The molecule has 0 unspecified atom stereocenters.